The normalized spacial score (nSPS) is 12.9. The summed E-state index contributed by atoms with van der Waals surface area (Å²) >= 11 is 0. The van der Waals surface area contributed by atoms with Gasteiger partial charge in [-0.25, -0.2) is 0 Å². The van der Waals surface area contributed by atoms with Crippen LogP contribution in [0.4, 0.5) is 0 Å². The van der Waals surface area contributed by atoms with Gasteiger partial charge < -0.3 is 14.2 Å². The number of allylic oxidation sites excluding steroid dienone is 19. The zero-order valence-corrected chi connectivity index (χ0v) is 50.9. The van der Waals surface area contributed by atoms with Gasteiger partial charge in [-0.1, -0.05) is 309 Å². The first-order valence-electron chi connectivity index (χ1n) is 32.5. The summed E-state index contributed by atoms with van der Waals surface area (Å²) in [5.74, 6) is -1.04. The summed E-state index contributed by atoms with van der Waals surface area (Å²) in [5.41, 5.74) is 0. The number of ether oxygens (including phenoxy) is 3. The van der Waals surface area contributed by atoms with Gasteiger partial charge in [0.05, 0.1) is 6.42 Å². The predicted octanol–water partition coefficient (Wildman–Crippen LogP) is 22.4. The van der Waals surface area contributed by atoms with Crippen LogP contribution in [-0.4, -0.2) is 37.2 Å². The first-order chi connectivity index (χ1) is 38.5. The molecule has 6 nitrogen and oxygen atoms in total. The Balaban J connectivity index is 4.42. The van der Waals surface area contributed by atoms with Crippen LogP contribution in [0.25, 0.3) is 0 Å². The van der Waals surface area contributed by atoms with Crippen molar-refractivity contribution in [3.05, 3.63) is 122 Å². The van der Waals surface area contributed by atoms with Gasteiger partial charge in [0, 0.05) is 12.8 Å². The van der Waals surface area contributed by atoms with Gasteiger partial charge in [-0.2, -0.15) is 0 Å². The smallest absolute Gasteiger partial charge is 0.309 e. The third kappa shape index (κ3) is 62.7. The fraction of sp³-hybridized carbons (Fsp3) is 0.681. The summed E-state index contributed by atoms with van der Waals surface area (Å²) < 4.78 is 16.8. The second kappa shape index (κ2) is 65.3. The minimum Gasteiger partial charge on any atom is -0.462 e. The summed E-state index contributed by atoms with van der Waals surface area (Å²) in [6, 6.07) is 0. The van der Waals surface area contributed by atoms with E-state index in [0.29, 0.717) is 12.8 Å². The molecule has 0 saturated carbocycles. The molecule has 0 radical (unpaired) electrons. The molecule has 0 aromatic heterocycles. The van der Waals surface area contributed by atoms with E-state index in [1.807, 2.05) is 6.08 Å². The Labute approximate surface area is 482 Å². The van der Waals surface area contributed by atoms with E-state index < -0.39 is 12.1 Å². The zero-order valence-electron chi connectivity index (χ0n) is 50.9. The van der Waals surface area contributed by atoms with Gasteiger partial charge in [0.25, 0.3) is 0 Å². The van der Waals surface area contributed by atoms with Gasteiger partial charge in [-0.05, 0) is 89.9 Å². The molecule has 78 heavy (non-hydrogen) atoms. The van der Waals surface area contributed by atoms with Crippen molar-refractivity contribution in [1.29, 1.82) is 0 Å². The fourth-order valence-corrected chi connectivity index (χ4v) is 8.96. The summed E-state index contributed by atoms with van der Waals surface area (Å²) in [6.45, 7) is 6.35. The minimum absolute atomic E-state index is 0.111. The van der Waals surface area contributed by atoms with Crippen LogP contribution in [0, 0.1) is 0 Å². The summed E-state index contributed by atoms with van der Waals surface area (Å²) in [5, 5.41) is 0. The maximum absolute atomic E-state index is 12.9. The highest BCUT2D eigenvalue weighted by Gasteiger charge is 2.19. The summed E-state index contributed by atoms with van der Waals surface area (Å²) in [4.78, 5) is 38.3. The monoisotopic (exact) mass is 1080 g/mol. The number of hydrogen-bond acceptors (Lipinski definition) is 6. The van der Waals surface area contributed by atoms with Crippen LogP contribution < -0.4 is 0 Å². The average molecular weight is 1080 g/mol. The number of esters is 3. The lowest BCUT2D eigenvalue weighted by molar-refractivity contribution is -0.166. The molecule has 0 aromatic rings. The van der Waals surface area contributed by atoms with Crippen molar-refractivity contribution < 1.29 is 28.6 Å². The molecule has 0 aliphatic rings. The largest absolute Gasteiger partial charge is 0.462 e. The van der Waals surface area contributed by atoms with Crippen LogP contribution in [0.1, 0.15) is 297 Å². The number of rotatable bonds is 58. The molecule has 0 saturated heterocycles. The van der Waals surface area contributed by atoms with E-state index in [0.717, 1.165) is 109 Å². The Hall–Kier alpha value is -4.19. The van der Waals surface area contributed by atoms with E-state index in [1.165, 1.54) is 148 Å². The lowest BCUT2D eigenvalue weighted by atomic mass is 10.0. The number of unbranched alkanes of at least 4 members (excludes halogenated alkanes) is 28. The van der Waals surface area contributed by atoms with Gasteiger partial charge in [0.1, 0.15) is 13.2 Å². The maximum atomic E-state index is 12.9. The molecular weight excluding hydrogens is 961 g/mol. The minimum atomic E-state index is -0.823. The van der Waals surface area contributed by atoms with E-state index in [2.05, 4.69) is 130 Å². The number of carbonyl (C=O) groups is 3. The molecule has 0 bridgehead atoms. The molecule has 444 valence electrons. The summed E-state index contributed by atoms with van der Waals surface area (Å²) in [6.07, 6.45) is 90.9. The highest BCUT2D eigenvalue weighted by molar-refractivity contribution is 5.72. The van der Waals surface area contributed by atoms with Crippen LogP contribution >= 0.6 is 0 Å². The lowest BCUT2D eigenvalue weighted by Crippen LogP contribution is -2.30. The Morgan fingerprint density at radius 3 is 0.897 bits per heavy atom. The van der Waals surface area contributed by atoms with Crippen molar-refractivity contribution in [3.8, 4) is 0 Å². The number of hydrogen-bond donors (Lipinski definition) is 0. The van der Waals surface area contributed by atoms with Gasteiger partial charge in [-0.15, -0.1) is 0 Å². The van der Waals surface area contributed by atoms with Gasteiger partial charge >= 0.3 is 17.9 Å². The van der Waals surface area contributed by atoms with Crippen LogP contribution in [0.3, 0.4) is 0 Å². The Bertz CT molecular complexity index is 1620. The SMILES string of the molecule is CC/C=C\C/C=C\C/C=C\C/C=C\C/C=C\CCCCCCCCCCCC(=O)OCC(COC(=O)C/C=C\C/C=C\C/C=C\C/C=C\C/C=C\CC)OC(=O)CCCCCCCCCCCCCCCCCCCCCC. The molecule has 0 aliphatic heterocycles. The Kier molecular flexibility index (Phi) is 61.8. The van der Waals surface area contributed by atoms with E-state index in [1.54, 1.807) is 6.08 Å². The quantitative estimate of drug-likeness (QED) is 0.0261. The van der Waals surface area contributed by atoms with E-state index in [-0.39, 0.29) is 31.6 Å². The van der Waals surface area contributed by atoms with Crippen molar-refractivity contribution in [2.24, 2.45) is 0 Å². The van der Waals surface area contributed by atoms with Crippen molar-refractivity contribution >= 4 is 17.9 Å². The average Bonchev–Trinajstić information content (AvgIpc) is 3.44. The van der Waals surface area contributed by atoms with Gasteiger partial charge in [0.2, 0.25) is 0 Å². The molecule has 0 aromatic carbocycles. The second-order valence-corrected chi connectivity index (χ2v) is 21.3. The molecule has 0 heterocycles. The van der Waals surface area contributed by atoms with E-state index >= 15 is 0 Å². The first kappa shape index (κ1) is 73.8. The van der Waals surface area contributed by atoms with Crippen LogP contribution in [0.5, 0.6) is 0 Å². The van der Waals surface area contributed by atoms with Crippen LogP contribution in [0.2, 0.25) is 0 Å². The van der Waals surface area contributed by atoms with E-state index in [4.69, 9.17) is 14.2 Å². The molecule has 1 unspecified atom stereocenters. The lowest BCUT2D eigenvalue weighted by Gasteiger charge is -2.18. The van der Waals surface area contributed by atoms with E-state index in [9.17, 15) is 14.4 Å². The standard InChI is InChI=1S/C72H120O6/c1-4-7-10-13-16-19-22-25-28-30-32-34-35-36-37-38-40-41-44-47-50-53-56-59-62-65-71(74)77-68-69(67-76-70(73)64-61-58-55-52-49-46-43-27-24-21-18-15-12-9-6-3)78-72(75)66-63-60-57-54-51-48-45-42-39-33-31-29-26-23-20-17-14-11-8-5-2/h7,9-10,12,16,18-19,21,25,27-28,32,34,36-37,43,49,52,58,61,69H,4-6,8,11,13-15,17,20,22-24,26,29-31,33,35,38-42,44-48,50-51,53-57,59-60,62-68H2,1-3H3/b10-7-,12-9-,19-16-,21-18-,28-25-,34-32-,37-36-,43-27-,52-49-,61-58-. The molecule has 1 atom stereocenters. The van der Waals surface area contributed by atoms with Crippen molar-refractivity contribution in [2.45, 2.75) is 303 Å². The molecular formula is C72H120O6. The van der Waals surface area contributed by atoms with Crippen molar-refractivity contribution in [2.75, 3.05) is 13.2 Å². The molecule has 0 amide bonds. The van der Waals surface area contributed by atoms with Gasteiger partial charge in [-0.3, -0.25) is 14.4 Å². The predicted molar refractivity (Wildman–Crippen MR) is 339 cm³/mol. The van der Waals surface area contributed by atoms with Crippen LogP contribution in [-0.2, 0) is 28.6 Å². The Morgan fingerprint density at radius 1 is 0.282 bits per heavy atom. The Morgan fingerprint density at radius 2 is 0.551 bits per heavy atom. The first-order valence-corrected chi connectivity index (χ1v) is 32.5. The summed E-state index contributed by atoms with van der Waals surface area (Å²) in [7, 11) is 0. The topological polar surface area (TPSA) is 78.9 Å². The van der Waals surface area contributed by atoms with Gasteiger partial charge in [0.15, 0.2) is 6.10 Å². The number of carbonyl (C=O) groups excluding carboxylic acids is 3. The molecule has 0 fully saturated rings. The molecule has 0 spiro atoms. The van der Waals surface area contributed by atoms with Crippen molar-refractivity contribution in [3.63, 3.8) is 0 Å². The fourth-order valence-electron chi connectivity index (χ4n) is 8.96. The molecule has 6 heteroatoms. The highest BCUT2D eigenvalue weighted by atomic mass is 16.6. The van der Waals surface area contributed by atoms with Crippen molar-refractivity contribution in [1.82, 2.24) is 0 Å². The third-order valence-electron chi connectivity index (χ3n) is 13.7. The highest BCUT2D eigenvalue weighted by Crippen LogP contribution is 2.17. The molecule has 0 aliphatic carbocycles. The van der Waals surface area contributed by atoms with Crippen LogP contribution in [0.15, 0.2) is 122 Å². The maximum Gasteiger partial charge on any atom is 0.309 e. The molecule has 0 rings (SSSR count). The third-order valence-corrected chi connectivity index (χ3v) is 13.7. The second-order valence-electron chi connectivity index (χ2n) is 21.3. The zero-order chi connectivity index (χ0) is 56.4. The molecule has 0 N–H and O–H groups in total.